The van der Waals surface area contributed by atoms with Crippen LogP contribution in [-0.2, 0) is 22.6 Å². The van der Waals surface area contributed by atoms with E-state index in [2.05, 4.69) is 5.32 Å². The summed E-state index contributed by atoms with van der Waals surface area (Å²) in [5.74, 6) is 1.41. The first-order valence-corrected chi connectivity index (χ1v) is 11.5. The van der Waals surface area contributed by atoms with Crippen LogP contribution in [0.25, 0.3) is 0 Å². The molecule has 7 heteroatoms. The fourth-order valence-corrected chi connectivity index (χ4v) is 3.71. The fourth-order valence-electron chi connectivity index (χ4n) is 3.71. The van der Waals surface area contributed by atoms with E-state index in [-0.39, 0.29) is 25.0 Å². The Morgan fingerprint density at radius 1 is 0.829 bits per heavy atom. The highest BCUT2D eigenvalue weighted by molar-refractivity contribution is 5.88. The van der Waals surface area contributed by atoms with Crippen molar-refractivity contribution in [3.8, 4) is 17.2 Å². The number of rotatable bonds is 12. The summed E-state index contributed by atoms with van der Waals surface area (Å²) in [6, 6.07) is 23.4. The lowest BCUT2D eigenvalue weighted by Crippen LogP contribution is -2.51. The van der Waals surface area contributed by atoms with Crippen LogP contribution < -0.4 is 19.5 Å². The summed E-state index contributed by atoms with van der Waals surface area (Å²) in [4.78, 5) is 28.3. The van der Waals surface area contributed by atoms with Crippen molar-refractivity contribution in [2.75, 3.05) is 27.4 Å². The minimum atomic E-state index is -0.712. The molecule has 35 heavy (non-hydrogen) atoms. The Bertz CT molecular complexity index is 1090. The van der Waals surface area contributed by atoms with Gasteiger partial charge in [0.2, 0.25) is 5.91 Å². The predicted molar refractivity (Wildman–Crippen MR) is 135 cm³/mol. The van der Waals surface area contributed by atoms with Crippen LogP contribution in [0.2, 0.25) is 0 Å². The first kappa shape index (κ1) is 25.6. The van der Waals surface area contributed by atoms with E-state index in [9.17, 15) is 9.59 Å². The number of nitrogens with one attached hydrogen (secondary N) is 1. The summed E-state index contributed by atoms with van der Waals surface area (Å²) >= 11 is 0. The average Bonchev–Trinajstić information content (AvgIpc) is 2.90. The van der Waals surface area contributed by atoms with E-state index in [1.54, 1.807) is 43.4 Å². The van der Waals surface area contributed by atoms with Gasteiger partial charge < -0.3 is 24.4 Å². The van der Waals surface area contributed by atoms with Crippen LogP contribution >= 0.6 is 0 Å². The Hall–Kier alpha value is -4.00. The smallest absolute Gasteiger partial charge is 0.261 e. The Labute approximate surface area is 206 Å². The van der Waals surface area contributed by atoms with Crippen molar-refractivity contribution in [2.24, 2.45) is 0 Å². The third-order valence-electron chi connectivity index (χ3n) is 5.53. The Morgan fingerprint density at radius 2 is 1.49 bits per heavy atom. The molecule has 3 rings (SSSR count). The zero-order valence-electron chi connectivity index (χ0n) is 20.4. The molecule has 7 nitrogen and oxygen atoms in total. The number of methoxy groups -OCH3 is 2. The Morgan fingerprint density at radius 3 is 2.14 bits per heavy atom. The first-order valence-electron chi connectivity index (χ1n) is 11.5. The maximum absolute atomic E-state index is 13.5. The third-order valence-corrected chi connectivity index (χ3v) is 5.53. The largest absolute Gasteiger partial charge is 0.497 e. The molecule has 0 fully saturated rings. The number of benzene rings is 3. The van der Waals surface area contributed by atoms with Gasteiger partial charge in [-0.25, -0.2) is 0 Å². The van der Waals surface area contributed by atoms with Gasteiger partial charge in [-0.15, -0.1) is 0 Å². The average molecular weight is 477 g/mol. The van der Waals surface area contributed by atoms with Gasteiger partial charge in [0.05, 0.1) is 14.2 Å². The second-order valence-corrected chi connectivity index (χ2v) is 7.94. The molecule has 184 valence electrons. The molecule has 0 radical (unpaired) electrons. The zero-order chi connectivity index (χ0) is 25.0. The van der Waals surface area contributed by atoms with Gasteiger partial charge in [-0.2, -0.15) is 0 Å². The van der Waals surface area contributed by atoms with Crippen molar-refractivity contribution in [3.05, 3.63) is 90.0 Å². The Balaban J connectivity index is 1.88. The van der Waals surface area contributed by atoms with Crippen LogP contribution in [0.1, 0.15) is 18.1 Å². The van der Waals surface area contributed by atoms with E-state index in [0.717, 1.165) is 11.1 Å². The van der Waals surface area contributed by atoms with Gasteiger partial charge in [0, 0.05) is 19.5 Å². The number of ether oxygens (including phenoxy) is 3. The third kappa shape index (κ3) is 7.50. The van der Waals surface area contributed by atoms with Gasteiger partial charge in [-0.1, -0.05) is 42.5 Å². The predicted octanol–water partition coefficient (Wildman–Crippen LogP) is 3.86. The molecular weight excluding hydrogens is 444 g/mol. The van der Waals surface area contributed by atoms with E-state index in [1.165, 1.54) is 0 Å². The molecule has 0 saturated carbocycles. The number of nitrogens with zero attached hydrogens (tertiary/aromatic N) is 1. The topological polar surface area (TPSA) is 77.1 Å². The molecule has 3 aromatic carbocycles. The van der Waals surface area contributed by atoms with Crippen LogP contribution in [0, 0.1) is 0 Å². The summed E-state index contributed by atoms with van der Waals surface area (Å²) < 4.78 is 16.3. The molecule has 0 heterocycles. The lowest BCUT2D eigenvalue weighted by Gasteiger charge is -2.31. The molecule has 0 aromatic heterocycles. The normalized spacial score (nSPS) is 11.3. The summed E-state index contributed by atoms with van der Waals surface area (Å²) in [6.07, 6.45) is 0.380. The van der Waals surface area contributed by atoms with Crippen LogP contribution in [0.3, 0.4) is 0 Å². The lowest BCUT2D eigenvalue weighted by atomic mass is 10.0. The first-order chi connectivity index (χ1) is 17.0. The molecular formula is C28H32N2O5. The number of carbonyl (C=O) groups excluding carboxylic acids is 2. The van der Waals surface area contributed by atoms with Crippen molar-refractivity contribution in [3.63, 3.8) is 0 Å². The SMILES string of the molecule is CCNC(=O)C(Cc1ccccc1)N(Cc1cccc(OC)c1)C(=O)COc1ccc(OC)cc1. The van der Waals surface area contributed by atoms with Crippen molar-refractivity contribution in [1.82, 2.24) is 10.2 Å². The summed E-state index contributed by atoms with van der Waals surface area (Å²) in [6.45, 7) is 2.35. The molecule has 1 unspecified atom stereocenters. The standard InChI is InChI=1S/C28H32N2O5/c1-4-29-28(32)26(18-21-9-6-5-7-10-21)30(19-22-11-8-12-25(17-22)34-3)27(31)20-35-24-15-13-23(33-2)14-16-24/h5-17,26H,4,18-20H2,1-3H3,(H,29,32). The molecule has 0 aliphatic carbocycles. The highest BCUT2D eigenvalue weighted by Crippen LogP contribution is 2.20. The van der Waals surface area contributed by atoms with Gasteiger partial charge in [0.25, 0.3) is 5.91 Å². The molecule has 0 saturated heterocycles. The summed E-state index contributed by atoms with van der Waals surface area (Å²) in [7, 11) is 3.18. The second-order valence-electron chi connectivity index (χ2n) is 7.94. The van der Waals surface area contributed by atoms with Gasteiger partial charge in [0.1, 0.15) is 23.3 Å². The zero-order valence-corrected chi connectivity index (χ0v) is 20.4. The van der Waals surface area contributed by atoms with Crippen molar-refractivity contribution in [1.29, 1.82) is 0 Å². The van der Waals surface area contributed by atoms with Crippen molar-refractivity contribution in [2.45, 2.75) is 25.9 Å². The number of hydrogen-bond acceptors (Lipinski definition) is 5. The summed E-state index contributed by atoms with van der Waals surface area (Å²) in [5, 5.41) is 2.88. The van der Waals surface area contributed by atoms with Gasteiger partial charge in [-0.3, -0.25) is 9.59 Å². The number of amides is 2. The van der Waals surface area contributed by atoms with Crippen molar-refractivity contribution < 1.29 is 23.8 Å². The molecule has 3 aromatic rings. The maximum Gasteiger partial charge on any atom is 0.261 e. The number of likely N-dealkylation sites (N-methyl/N-ethyl adjacent to an activating group) is 1. The molecule has 0 bridgehead atoms. The molecule has 1 atom stereocenters. The number of carbonyl (C=O) groups is 2. The highest BCUT2D eigenvalue weighted by atomic mass is 16.5. The van der Waals surface area contributed by atoms with E-state index < -0.39 is 6.04 Å². The van der Waals surface area contributed by atoms with Crippen LogP contribution in [0.4, 0.5) is 0 Å². The lowest BCUT2D eigenvalue weighted by molar-refractivity contribution is -0.142. The van der Waals surface area contributed by atoms with Gasteiger partial charge >= 0.3 is 0 Å². The number of hydrogen-bond donors (Lipinski definition) is 1. The monoisotopic (exact) mass is 476 g/mol. The summed E-state index contributed by atoms with van der Waals surface area (Å²) in [5.41, 5.74) is 1.81. The fraction of sp³-hybridized carbons (Fsp3) is 0.286. The quantitative estimate of drug-likeness (QED) is 0.430. The second kappa shape index (κ2) is 13.0. The minimum absolute atomic E-state index is 0.207. The van der Waals surface area contributed by atoms with Gasteiger partial charge in [0.15, 0.2) is 6.61 Å². The molecule has 0 aliphatic rings. The van der Waals surface area contributed by atoms with Gasteiger partial charge in [-0.05, 0) is 54.4 Å². The van der Waals surface area contributed by atoms with Crippen LogP contribution in [0.5, 0.6) is 17.2 Å². The van der Waals surface area contributed by atoms with Crippen molar-refractivity contribution >= 4 is 11.8 Å². The molecule has 0 aliphatic heterocycles. The molecule has 0 spiro atoms. The van der Waals surface area contributed by atoms with E-state index >= 15 is 0 Å². The minimum Gasteiger partial charge on any atom is -0.497 e. The molecule has 2 amide bonds. The van der Waals surface area contributed by atoms with E-state index in [4.69, 9.17) is 14.2 Å². The van der Waals surface area contributed by atoms with Crippen LogP contribution in [0.15, 0.2) is 78.9 Å². The maximum atomic E-state index is 13.5. The highest BCUT2D eigenvalue weighted by Gasteiger charge is 2.30. The Kier molecular flexibility index (Phi) is 9.54. The molecule has 1 N–H and O–H groups in total. The van der Waals surface area contributed by atoms with Crippen LogP contribution in [-0.4, -0.2) is 50.1 Å². The van der Waals surface area contributed by atoms with E-state index in [0.29, 0.717) is 30.2 Å². The van der Waals surface area contributed by atoms with E-state index in [1.807, 2.05) is 61.5 Å².